The standard InChI is InChI=1S/C72H105N11O16/c1-41(2)35-50-27-31-58(86)56(38-51-40-74-54-24-20-19-23-53(51)54)78-68(97)57(37-49-25-28-52(85)29-26-49)79-67(96)55(30-32-60(88)89)80-69(98)71(10,39-43(4)84)33-21-17-15-13-12-14-16-18-22-34-72(11,81-66(50)95)70(99)77-48(9)65(94)76-47(8)64(93)75-45(6)61(90)62(91)46(7)83-82-44(5)59(87)36-42(3)63(73)92/h14,16,19-20,23-26,28-29,40-42,44-48,50,55-57,74,82-83,85H,12-13,15,17-18,21-22,27,30-39H2,1-11H3,(H2,73,92)(H,75,93)(H,76,94)(H,77,99)(H,78,97)(H,79,96)(H,80,98)(H,81,95)(H,88,89)/b16-14+/t42-,44+,45-,46-,47?,48-,50-,55-,56-,57?,71-,72-/m0/s1. The number of benzene rings is 2. The van der Waals surface area contributed by atoms with Gasteiger partial charge in [-0.1, -0.05) is 89.4 Å². The fourth-order valence-electron chi connectivity index (χ4n) is 11.7. The molecule has 0 spiro atoms. The third-order valence-corrected chi connectivity index (χ3v) is 18.0. The molecule has 27 heteroatoms. The van der Waals surface area contributed by atoms with Crippen molar-refractivity contribution in [2.75, 3.05) is 0 Å². The second-order valence-electron chi connectivity index (χ2n) is 27.5. The average molecular weight is 1380 g/mol. The van der Waals surface area contributed by atoms with Crippen LogP contribution in [0.15, 0.2) is 66.9 Å². The number of aromatic nitrogens is 1. The van der Waals surface area contributed by atoms with Gasteiger partial charge in [0.15, 0.2) is 11.6 Å². The highest BCUT2D eigenvalue weighted by Gasteiger charge is 2.41. The van der Waals surface area contributed by atoms with Crippen LogP contribution in [0.5, 0.6) is 5.75 Å². The van der Waals surface area contributed by atoms with Gasteiger partial charge in [-0.25, -0.2) is 10.9 Å². The quantitative estimate of drug-likeness (QED) is 0.0283. The number of carboxylic acids is 1. The van der Waals surface area contributed by atoms with Crippen molar-refractivity contribution in [3.8, 4) is 5.75 Å². The first kappa shape index (κ1) is 82.4. The van der Waals surface area contributed by atoms with Crippen LogP contribution in [0.3, 0.4) is 0 Å². The van der Waals surface area contributed by atoms with E-state index in [0.717, 1.165) is 23.7 Å². The molecule has 12 atom stereocenters. The number of hydrogen-bond acceptors (Lipinski definition) is 17. The molecule has 0 saturated heterocycles. The van der Waals surface area contributed by atoms with Crippen molar-refractivity contribution >= 4 is 93.0 Å². The van der Waals surface area contributed by atoms with Crippen LogP contribution in [0.4, 0.5) is 0 Å². The summed E-state index contributed by atoms with van der Waals surface area (Å²) in [7, 11) is 0. The van der Waals surface area contributed by atoms with Gasteiger partial charge in [0.1, 0.15) is 41.2 Å². The first-order valence-corrected chi connectivity index (χ1v) is 34.3. The maximum atomic E-state index is 15.0. The number of ketones is 5. The number of carbonyl (C=O) groups excluding carboxylic acids is 13. The number of Topliss-reactive ketones (excluding diaryl/α,β-unsaturated/α-hetero) is 5. The lowest BCUT2D eigenvalue weighted by Crippen LogP contribution is -2.61. The van der Waals surface area contributed by atoms with E-state index in [4.69, 9.17) is 5.73 Å². The molecular weight excluding hydrogens is 1270 g/mol. The molecule has 1 aliphatic rings. The Kier molecular flexibility index (Phi) is 33.0. The Hall–Kier alpha value is -8.98. The number of allylic oxidation sites excluding steroid dienone is 2. The number of hydrazine groups is 1. The molecule has 0 bridgehead atoms. The van der Waals surface area contributed by atoms with Crippen LogP contribution >= 0.6 is 0 Å². The van der Waals surface area contributed by atoms with Crippen LogP contribution in [0.2, 0.25) is 0 Å². The molecule has 544 valence electrons. The number of primary amides is 1. The van der Waals surface area contributed by atoms with Crippen molar-refractivity contribution in [2.24, 2.45) is 28.9 Å². The SMILES string of the molecule is CC(=O)C[C@]1(C)CCCCCC/C=C/CCC[C@@](C)(C(=O)N[C@@H](C)C(=O)NC(C)C(=O)N[C@@H](C)C(=O)C(=O)[C@H](C)NN[C@H](C)C(=O)C[C@H](C)C(N)=O)NC(=O)[C@H](CC(C)C)CCC(=O)[C@H](Cc2c[nH]c3ccccc23)NC(=O)C(Cc2ccc(O)cc2)NC(=O)[C@H](CCC(=O)O)NC1=O. The Morgan fingerprint density at radius 2 is 1.23 bits per heavy atom. The van der Waals surface area contributed by atoms with E-state index in [0.29, 0.717) is 43.2 Å². The van der Waals surface area contributed by atoms with E-state index in [9.17, 15) is 77.3 Å². The molecular formula is C72H105N11O16. The highest BCUT2D eigenvalue weighted by molar-refractivity contribution is 6.41. The molecule has 8 amide bonds. The van der Waals surface area contributed by atoms with Crippen molar-refractivity contribution in [3.05, 3.63) is 78.0 Å². The summed E-state index contributed by atoms with van der Waals surface area (Å²) in [5.41, 5.74) is 9.39. The lowest BCUT2D eigenvalue weighted by atomic mass is 9.79. The zero-order valence-corrected chi connectivity index (χ0v) is 59.1. The van der Waals surface area contributed by atoms with Crippen molar-refractivity contribution in [2.45, 2.75) is 246 Å². The summed E-state index contributed by atoms with van der Waals surface area (Å²) in [6.07, 6.45) is 8.66. The van der Waals surface area contributed by atoms with Gasteiger partial charge < -0.3 is 58.1 Å². The van der Waals surface area contributed by atoms with Crippen molar-refractivity contribution in [1.82, 2.24) is 53.1 Å². The van der Waals surface area contributed by atoms with Crippen molar-refractivity contribution in [3.63, 3.8) is 0 Å². The second kappa shape index (κ2) is 39.6. The Balaban J connectivity index is 1.65. The number of carboxylic acid groups (broad SMARTS) is 1. The lowest BCUT2D eigenvalue weighted by Gasteiger charge is -2.33. The van der Waals surface area contributed by atoms with Gasteiger partial charge in [-0.05, 0) is 141 Å². The Labute approximate surface area is 579 Å². The van der Waals surface area contributed by atoms with Gasteiger partial charge in [0, 0.05) is 67.5 Å². The van der Waals surface area contributed by atoms with Crippen LogP contribution in [0.25, 0.3) is 10.9 Å². The maximum absolute atomic E-state index is 15.0. The molecule has 2 aromatic carbocycles. The topological polar surface area (TPSA) is 430 Å². The normalized spacial score (nSPS) is 22.9. The molecule has 0 aliphatic carbocycles. The van der Waals surface area contributed by atoms with Gasteiger partial charge >= 0.3 is 5.97 Å². The average Bonchev–Trinajstić information content (AvgIpc) is 1.79. The lowest BCUT2D eigenvalue weighted by molar-refractivity contribution is -0.140. The number of phenolic OH excluding ortho intramolecular Hbond substituents is 1. The highest BCUT2D eigenvalue weighted by atomic mass is 16.4. The summed E-state index contributed by atoms with van der Waals surface area (Å²) < 4.78 is 0. The molecule has 99 heavy (non-hydrogen) atoms. The zero-order chi connectivity index (χ0) is 73.9. The van der Waals surface area contributed by atoms with Gasteiger partial charge in [0.05, 0.1) is 29.6 Å². The number of aliphatic carboxylic acids is 1. The minimum absolute atomic E-state index is 0.0589. The van der Waals surface area contributed by atoms with E-state index in [2.05, 4.69) is 53.1 Å². The predicted molar refractivity (Wildman–Crippen MR) is 370 cm³/mol. The van der Waals surface area contributed by atoms with Gasteiger partial charge in [-0.2, -0.15) is 0 Å². The molecule has 14 N–H and O–H groups in total. The molecule has 0 fully saturated rings. The van der Waals surface area contributed by atoms with E-state index in [1.54, 1.807) is 13.1 Å². The molecule has 2 unspecified atom stereocenters. The first-order valence-electron chi connectivity index (χ1n) is 34.3. The molecule has 27 nitrogen and oxygen atoms in total. The van der Waals surface area contributed by atoms with E-state index in [1.807, 2.05) is 50.3 Å². The maximum Gasteiger partial charge on any atom is 0.303 e. The minimum atomic E-state index is -1.67. The fourth-order valence-corrected chi connectivity index (χ4v) is 11.7. The third kappa shape index (κ3) is 27.0. The number of fused-ring (bicyclic) bond motifs is 1. The van der Waals surface area contributed by atoms with Crippen LogP contribution in [0.1, 0.15) is 190 Å². The Bertz CT molecular complexity index is 3380. The largest absolute Gasteiger partial charge is 0.508 e. The van der Waals surface area contributed by atoms with E-state index < -0.39 is 148 Å². The predicted octanol–water partition coefficient (Wildman–Crippen LogP) is 4.53. The Morgan fingerprint density at radius 3 is 1.87 bits per heavy atom. The van der Waals surface area contributed by atoms with Crippen molar-refractivity contribution in [1.29, 1.82) is 0 Å². The molecule has 0 radical (unpaired) electrons. The minimum Gasteiger partial charge on any atom is -0.508 e. The van der Waals surface area contributed by atoms with E-state index >= 15 is 0 Å². The first-order chi connectivity index (χ1) is 46.5. The van der Waals surface area contributed by atoms with Crippen LogP contribution < -0.4 is 53.8 Å². The molecule has 3 aromatic rings. The monoisotopic (exact) mass is 1380 g/mol. The number of hydrogen-bond donors (Lipinski definition) is 13. The second-order valence-corrected chi connectivity index (χ2v) is 27.5. The number of aromatic hydroxyl groups is 1. The number of amides is 8. The number of phenols is 1. The van der Waals surface area contributed by atoms with Crippen LogP contribution in [-0.2, 0) is 80.0 Å². The molecule has 1 aromatic heterocycles. The number of H-pyrrole nitrogens is 1. The fraction of sp³-hybridized carbons (Fsp3) is 0.583. The van der Waals surface area contributed by atoms with E-state index in [-0.39, 0.29) is 87.4 Å². The highest BCUT2D eigenvalue weighted by Crippen LogP contribution is 2.31. The van der Waals surface area contributed by atoms with Crippen LogP contribution in [-0.4, -0.2) is 151 Å². The number of aromatic amines is 1. The van der Waals surface area contributed by atoms with E-state index in [1.165, 1.54) is 79.7 Å². The number of para-hydroxylation sites is 1. The number of nitrogens with two attached hydrogens (primary N) is 1. The van der Waals surface area contributed by atoms with Crippen molar-refractivity contribution < 1.29 is 77.3 Å². The van der Waals surface area contributed by atoms with Gasteiger partial charge in [-0.15, -0.1) is 0 Å². The summed E-state index contributed by atoms with van der Waals surface area (Å²) in [6.45, 7) is 16.6. The Morgan fingerprint density at radius 1 is 0.646 bits per heavy atom. The molecule has 0 saturated carbocycles. The molecule has 1 aliphatic heterocycles. The van der Waals surface area contributed by atoms with Gasteiger partial charge in [0.2, 0.25) is 58.8 Å². The summed E-state index contributed by atoms with van der Waals surface area (Å²) in [4.78, 5) is 194. The smallest absolute Gasteiger partial charge is 0.303 e. The molecule has 4 rings (SSSR count). The zero-order valence-electron chi connectivity index (χ0n) is 59.1. The summed E-state index contributed by atoms with van der Waals surface area (Å²) >= 11 is 0. The summed E-state index contributed by atoms with van der Waals surface area (Å²) in [6, 6.07) is 2.93. The summed E-state index contributed by atoms with van der Waals surface area (Å²) in [5, 5.41) is 39.7. The van der Waals surface area contributed by atoms with Gasteiger partial charge in [-0.3, -0.25) is 67.1 Å². The van der Waals surface area contributed by atoms with Crippen LogP contribution in [0, 0.1) is 23.2 Å². The van der Waals surface area contributed by atoms with Gasteiger partial charge in [0.25, 0.3) is 0 Å². The number of nitrogens with one attached hydrogen (secondary N) is 10. The summed E-state index contributed by atoms with van der Waals surface area (Å²) in [5.74, 6) is -12.1. The number of rotatable bonds is 27. The molecule has 2 heterocycles. The third-order valence-electron chi connectivity index (χ3n) is 18.0. The number of carbonyl (C=O) groups is 14.